The van der Waals surface area contributed by atoms with Crippen LogP contribution in [0.15, 0.2) is 30.6 Å². The summed E-state index contributed by atoms with van der Waals surface area (Å²) in [6, 6.07) is 4.01. The molecule has 3 aliphatic heterocycles. The first-order valence-electron chi connectivity index (χ1n) is 19.2. The van der Waals surface area contributed by atoms with Crippen molar-refractivity contribution in [3.63, 3.8) is 0 Å². The highest BCUT2D eigenvalue weighted by Crippen LogP contribution is 2.41. The van der Waals surface area contributed by atoms with Gasteiger partial charge in [0.15, 0.2) is 17.7 Å². The highest BCUT2D eigenvalue weighted by atomic mass is 19.1. The van der Waals surface area contributed by atoms with Gasteiger partial charge >= 0.3 is 12.1 Å². The molecule has 306 valence electrons. The molecule has 3 aliphatic rings. The first kappa shape index (κ1) is 43.1. The van der Waals surface area contributed by atoms with Crippen molar-refractivity contribution in [2.45, 2.75) is 134 Å². The molecule has 5 rings (SSSR count). The minimum atomic E-state index is -3.21. The smallest absolute Gasteiger partial charge is 0.408 e. The maximum atomic E-state index is 16.8. The Kier molecular flexibility index (Phi) is 12.9. The van der Waals surface area contributed by atoms with Crippen molar-refractivity contribution in [3.8, 4) is 11.8 Å². The van der Waals surface area contributed by atoms with Gasteiger partial charge in [0.2, 0.25) is 0 Å². The number of carbonyl (C=O) groups excluding carboxylic acids is 4. The number of aromatic nitrogens is 2. The van der Waals surface area contributed by atoms with E-state index in [0.717, 1.165) is 6.92 Å². The molecule has 0 aliphatic carbocycles. The summed E-state index contributed by atoms with van der Waals surface area (Å²) in [4.78, 5) is 65.7. The number of aliphatic hydroxyl groups is 1. The molecule has 0 radical (unpaired) electrons. The van der Waals surface area contributed by atoms with Gasteiger partial charge in [-0.15, -0.1) is 0 Å². The first-order valence-corrected chi connectivity index (χ1v) is 19.2. The maximum absolute atomic E-state index is 16.8. The summed E-state index contributed by atoms with van der Waals surface area (Å²) in [5.41, 5.74) is -4.48. The van der Waals surface area contributed by atoms with Gasteiger partial charge in [-0.1, -0.05) is 39.5 Å². The van der Waals surface area contributed by atoms with E-state index < -0.39 is 89.2 Å². The largest absolute Gasteiger partial charge is 0.455 e. The highest BCUT2D eigenvalue weighted by Gasteiger charge is 2.59. The molecule has 1 amide bonds. The van der Waals surface area contributed by atoms with Gasteiger partial charge in [-0.2, -0.15) is 0 Å². The fourth-order valence-corrected chi connectivity index (χ4v) is 8.49. The molecule has 14 nitrogen and oxygen atoms in total. The average molecular weight is 783 g/mol. The molecule has 2 aromatic heterocycles. The van der Waals surface area contributed by atoms with E-state index in [1.165, 1.54) is 13.8 Å². The van der Waals surface area contributed by atoms with Gasteiger partial charge in [0.1, 0.15) is 24.6 Å². The molecule has 1 unspecified atom stereocenters. The molecular weight excluding hydrogens is 727 g/mol. The second-order valence-electron chi connectivity index (χ2n) is 16.2. The van der Waals surface area contributed by atoms with Crippen LogP contribution < -0.4 is 5.32 Å². The van der Waals surface area contributed by atoms with Gasteiger partial charge in [-0.3, -0.25) is 19.6 Å². The van der Waals surface area contributed by atoms with E-state index in [-0.39, 0.29) is 31.3 Å². The zero-order valence-corrected chi connectivity index (χ0v) is 33.8. The van der Waals surface area contributed by atoms with Gasteiger partial charge in [-0.05, 0) is 79.3 Å². The topological polar surface area (TPSA) is 176 Å². The molecule has 5 heterocycles. The Labute approximate surface area is 327 Å². The Morgan fingerprint density at radius 1 is 1.07 bits per heavy atom. The SMILES string of the molecule is CC[C@@H]1OC(=O)[C@@](C)(F)C(=O)[C@H](C)[C@@H](O[C@@H]2O[C@H](C)C[C@H](N(C)C)[C@H]2O)C(C)(OCC#Cc2cnc3cccnc3c2)C[C@@H](C)C(=O)[C@@H](C)[C@H]2NC(=O)O[C@]12C. The molecule has 0 aromatic carbocycles. The van der Waals surface area contributed by atoms with Crippen LogP contribution in [-0.2, 0) is 38.1 Å². The van der Waals surface area contributed by atoms with Crippen LogP contribution in [0, 0.1) is 29.6 Å². The van der Waals surface area contributed by atoms with Crippen LogP contribution in [-0.4, -0.2) is 124 Å². The lowest BCUT2D eigenvalue weighted by molar-refractivity contribution is -0.296. The number of aliphatic hydroxyl groups excluding tert-OH is 1. The van der Waals surface area contributed by atoms with Gasteiger partial charge in [0, 0.05) is 41.8 Å². The van der Waals surface area contributed by atoms with E-state index in [4.69, 9.17) is 23.7 Å². The van der Waals surface area contributed by atoms with E-state index >= 15 is 4.39 Å². The van der Waals surface area contributed by atoms with Crippen LogP contribution in [0.2, 0.25) is 0 Å². The standard InChI is InChI=1S/C41H55FN4O10/c1-11-30-41(8)33(45-38(51)56-41)24(4)31(47)22(2)20-39(6,52-17-13-14-26-19-28-27(44-21-26)15-12-16-43-28)35(25(5)34(49)40(7,42)37(50)54-30)55-36-32(48)29(46(9)10)18-23(3)53-36/h12,15-16,19,21-25,29-30,32-33,35-36,48H,11,17-18,20H2,1-10H3,(H,45,51)/t22-,23-,24-,25+,29+,30+,32-,33-,35-,36+,39?,40+,41-/m1/s1. The third-order valence-electron chi connectivity index (χ3n) is 11.6. The lowest BCUT2D eigenvalue weighted by atomic mass is 9.73. The molecule has 0 bridgehead atoms. The number of ether oxygens (including phenoxy) is 5. The van der Waals surface area contributed by atoms with Crippen molar-refractivity contribution in [3.05, 3.63) is 36.2 Å². The van der Waals surface area contributed by atoms with E-state index in [2.05, 4.69) is 27.1 Å². The van der Waals surface area contributed by atoms with Gasteiger partial charge < -0.3 is 39.0 Å². The number of cyclic esters (lactones) is 1. The van der Waals surface area contributed by atoms with E-state index in [9.17, 15) is 24.3 Å². The van der Waals surface area contributed by atoms with Crippen molar-refractivity contribution < 1.29 is 52.4 Å². The summed E-state index contributed by atoms with van der Waals surface area (Å²) in [6.45, 7) is 11.9. The van der Waals surface area contributed by atoms with Crippen LogP contribution in [0.3, 0.4) is 0 Å². The summed E-state index contributed by atoms with van der Waals surface area (Å²) in [5.74, 6) is -0.0925. The number of esters is 1. The minimum Gasteiger partial charge on any atom is -0.455 e. The number of rotatable bonds is 6. The zero-order chi connectivity index (χ0) is 41.3. The number of likely N-dealkylation sites (N-methyl/N-ethyl adjacent to an activating group) is 1. The minimum absolute atomic E-state index is 0.0799. The second kappa shape index (κ2) is 16.8. The predicted octanol–water partition coefficient (Wildman–Crippen LogP) is 3.94. The molecule has 0 saturated carbocycles. The first-order chi connectivity index (χ1) is 26.2. The molecule has 13 atom stereocenters. The Balaban J connectivity index is 1.59. The summed E-state index contributed by atoms with van der Waals surface area (Å²) < 4.78 is 47.4. The second-order valence-corrected chi connectivity index (χ2v) is 16.2. The number of hydrogen-bond acceptors (Lipinski definition) is 13. The number of carbonyl (C=O) groups is 4. The molecule has 3 fully saturated rings. The Morgan fingerprint density at radius 3 is 2.46 bits per heavy atom. The molecular formula is C41H55FN4O10. The molecule has 3 saturated heterocycles. The highest BCUT2D eigenvalue weighted by molar-refractivity contribution is 6.08. The fourth-order valence-electron chi connectivity index (χ4n) is 8.49. The molecule has 2 N–H and O–H groups in total. The molecule has 56 heavy (non-hydrogen) atoms. The third-order valence-corrected chi connectivity index (χ3v) is 11.6. The monoisotopic (exact) mass is 782 g/mol. The van der Waals surface area contributed by atoms with Gasteiger partial charge in [0.25, 0.3) is 5.67 Å². The Morgan fingerprint density at radius 2 is 1.79 bits per heavy atom. The van der Waals surface area contributed by atoms with Crippen LogP contribution in [0.1, 0.15) is 80.2 Å². The molecule has 15 heteroatoms. The van der Waals surface area contributed by atoms with Crippen molar-refractivity contribution >= 4 is 34.7 Å². The van der Waals surface area contributed by atoms with Crippen LogP contribution >= 0.6 is 0 Å². The number of Topliss-reactive ketones (excluding diaryl/α,β-unsaturated/α-hetero) is 2. The fraction of sp³-hybridized carbons (Fsp3) is 0.659. The van der Waals surface area contributed by atoms with Crippen LogP contribution in [0.5, 0.6) is 0 Å². The normalized spacial score (nSPS) is 38.5. The summed E-state index contributed by atoms with van der Waals surface area (Å²) in [7, 11) is 3.62. The lowest BCUT2D eigenvalue weighted by Gasteiger charge is -2.47. The predicted molar refractivity (Wildman–Crippen MR) is 202 cm³/mol. The number of pyridine rings is 2. The number of nitrogens with zero attached hydrogens (tertiary/aromatic N) is 3. The average Bonchev–Trinajstić information content (AvgIpc) is 3.47. The number of amides is 1. The maximum Gasteiger partial charge on any atom is 0.408 e. The van der Waals surface area contributed by atoms with Crippen LogP contribution in [0.4, 0.5) is 9.18 Å². The number of halogens is 1. The molecule has 0 spiro atoms. The summed E-state index contributed by atoms with van der Waals surface area (Å²) in [5, 5.41) is 14.2. The summed E-state index contributed by atoms with van der Waals surface area (Å²) >= 11 is 0. The Bertz CT molecular complexity index is 1870. The van der Waals surface area contributed by atoms with Crippen molar-refractivity contribution in [1.29, 1.82) is 0 Å². The number of alkyl halides is 1. The van der Waals surface area contributed by atoms with E-state index in [1.807, 2.05) is 32.0 Å². The quantitative estimate of drug-likeness (QED) is 0.245. The van der Waals surface area contributed by atoms with Gasteiger partial charge in [0.05, 0.1) is 34.9 Å². The molecule has 2 aromatic rings. The number of hydrogen-bond donors (Lipinski definition) is 2. The van der Waals surface area contributed by atoms with Crippen LogP contribution in [0.25, 0.3) is 11.0 Å². The van der Waals surface area contributed by atoms with Crippen molar-refractivity contribution in [2.24, 2.45) is 17.8 Å². The Hall–Kier alpha value is -4.07. The number of alkyl carbamates (subject to hydrolysis) is 1. The zero-order valence-electron chi connectivity index (χ0n) is 33.8. The summed E-state index contributed by atoms with van der Waals surface area (Å²) in [6.07, 6.45) is -2.62. The van der Waals surface area contributed by atoms with Crippen molar-refractivity contribution in [2.75, 3.05) is 20.7 Å². The third kappa shape index (κ3) is 8.60. The number of fused-ring (bicyclic) bond motifs is 2. The van der Waals surface area contributed by atoms with E-state index in [1.54, 1.807) is 52.2 Å². The van der Waals surface area contributed by atoms with E-state index in [0.29, 0.717) is 23.0 Å². The van der Waals surface area contributed by atoms with Gasteiger partial charge in [-0.25, -0.2) is 14.0 Å². The van der Waals surface area contributed by atoms with Crippen molar-refractivity contribution in [1.82, 2.24) is 20.2 Å². The lowest BCUT2D eigenvalue weighted by Crippen LogP contribution is -2.61. The number of ketones is 2. The number of nitrogens with one attached hydrogen (secondary N) is 1.